The summed E-state index contributed by atoms with van der Waals surface area (Å²) in [6.45, 7) is 1.93. The van der Waals surface area contributed by atoms with Gasteiger partial charge in [0.2, 0.25) is 0 Å². The van der Waals surface area contributed by atoms with Crippen molar-refractivity contribution in [3.05, 3.63) is 52.5 Å². The van der Waals surface area contributed by atoms with Crippen LogP contribution in [0.5, 0.6) is 0 Å². The first kappa shape index (κ1) is 12.3. The van der Waals surface area contributed by atoms with E-state index in [0.29, 0.717) is 22.0 Å². The smallest absolute Gasteiger partial charge is 0.101 e. The van der Waals surface area contributed by atoms with Gasteiger partial charge < -0.3 is 11.1 Å². The Labute approximate surface area is 111 Å². The Morgan fingerprint density at radius 1 is 1.17 bits per heavy atom. The zero-order valence-electron chi connectivity index (χ0n) is 9.87. The van der Waals surface area contributed by atoms with Gasteiger partial charge in [-0.25, -0.2) is 0 Å². The van der Waals surface area contributed by atoms with E-state index in [-0.39, 0.29) is 0 Å². The number of hydrogen-bond donors (Lipinski definition) is 2. The van der Waals surface area contributed by atoms with E-state index in [1.807, 2.05) is 31.2 Å². The molecule has 2 aromatic rings. The minimum atomic E-state index is 0.444. The number of nitrogen functional groups attached to an aromatic ring is 1. The molecule has 18 heavy (non-hydrogen) atoms. The van der Waals surface area contributed by atoms with Crippen LogP contribution >= 0.6 is 11.6 Å². The first-order chi connectivity index (χ1) is 8.63. The van der Waals surface area contributed by atoms with E-state index in [1.165, 1.54) is 0 Å². The van der Waals surface area contributed by atoms with Gasteiger partial charge in [-0.3, -0.25) is 0 Å². The fourth-order valence-electron chi connectivity index (χ4n) is 1.66. The summed E-state index contributed by atoms with van der Waals surface area (Å²) in [6.07, 6.45) is 0. The number of nitrogens with one attached hydrogen (secondary N) is 1. The lowest BCUT2D eigenvalue weighted by Crippen LogP contribution is -2.00. The third-order valence-electron chi connectivity index (χ3n) is 2.76. The number of nitrogens with zero attached hydrogens (tertiary/aromatic N) is 1. The SMILES string of the molecule is Cc1c(Cl)cccc1Nc1cccc(C#N)c1N. The second-order valence-corrected chi connectivity index (χ2v) is 4.32. The van der Waals surface area contributed by atoms with Crippen LogP contribution in [0.2, 0.25) is 5.02 Å². The number of para-hydroxylation sites is 1. The lowest BCUT2D eigenvalue weighted by atomic mass is 10.1. The number of benzene rings is 2. The molecule has 0 amide bonds. The molecule has 0 atom stereocenters. The van der Waals surface area contributed by atoms with Crippen LogP contribution in [0.25, 0.3) is 0 Å². The summed E-state index contributed by atoms with van der Waals surface area (Å²) < 4.78 is 0. The monoisotopic (exact) mass is 257 g/mol. The molecule has 3 N–H and O–H groups in total. The minimum Gasteiger partial charge on any atom is -0.396 e. The molecule has 2 aromatic carbocycles. The molecular formula is C14H12ClN3. The van der Waals surface area contributed by atoms with Crippen molar-refractivity contribution in [2.24, 2.45) is 0 Å². The van der Waals surface area contributed by atoms with Crippen molar-refractivity contribution < 1.29 is 0 Å². The van der Waals surface area contributed by atoms with Crippen molar-refractivity contribution >= 4 is 28.7 Å². The van der Waals surface area contributed by atoms with Crippen molar-refractivity contribution in [2.75, 3.05) is 11.1 Å². The Morgan fingerprint density at radius 2 is 1.83 bits per heavy atom. The van der Waals surface area contributed by atoms with E-state index >= 15 is 0 Å². The Kier molecular flexibility index (Phi) is 3.40. The largest absolute Gasteiger partial charge is 0.396 e. The summed E-state index contributed by atoms with van der Waals surface area (Å²) in [5.41, 5.74) is 9.35. The highest BCUT2D eigenvalue weighted by Gasteiger charge is 2.07. The van der Waals surface area contributed by atoms with Crippen LogP contribution in [0.4, 0.5) is 17.1 Å². The first-order valence-corrected chi connectivity index (χ1v) is 5.82. The van der Waals surface area contributed by atoms with E-state index < -0.39 is 0 Å². The highest BCUT2D eigenvalue weighted by molar-refractivity contribution is 6.31. The van der Waals surface area contributed by atoms with Crippen LogP contribution in [-0.4, -0.2) is 0 Å². The molecule has 0 saturated carbocycles. The second-order valence-electron chi connectivity index (χ2n) is 3.92. The van der Waals surface area contributed by atoms with E-state index in [4.69, 9.17) is 22.6 Å². The summed E-state index contributed by atoms with van der Waals surface area (Å²) in [6, 6.07) is 13.0. The Balaban J connectivity index is 2.41. The van der Waals surface area contributed by atoms with Gasteiger partial charge in [-0.1, -0.05) is 23.7 Å². The zero-order valence-corrected chi connectivity index (χ0v) is 10.6. The van der Waals surface area contributed by atoms with Crippen LogP contribution in [0.3, 0.4) is 0 Å². The van der Waals surface area contributed by atoms with Crippen molar-refractivity contribution in [1.82, 2.24) is 0 Å². The van der Waals surface area contributed by atoms with Gasteiger partial charge in [-0.05, 0) is 36.8 Å². The summed E-state index contributed by atoms with van der Waals surface area (Å²) in [7, 11) is 0. The summed E-state index contributed by atoms with van der Waals surface area (Å²) in [5.74, 6) is 0. The van der Waals surface area contributed by atoms with E-state index in [1.54, 1.807) is 12.1 Å². The molecule has 0 fully saturated rings. The van der Waals surface area contributed by atoms with Crippen LogP contribution in [0.1, 0.15) is 11.1 Å². The molecule has 0 spiro atoms. The van der Waals surface area contributed by atoms with Crippen LogP contribution < -0.4 is 11.1 Å². The normalized spacial score (nSPS) is 9.83. The van der Waals surface area contributed by atoms with Crippen LogP contribution in [0.15, 0.2) is 36.4 Å². The lowest BCUT2D eigenvalue weighted by molar-refractivity contribution is 1.42. The van der Waals surface area contributed by atoms with Crippen LogP contribution in [-0.2, 0) is 0 Å². The molecule has 90 valence electrons. The van der Waals surface area contributed by atoms with Gasteiger partial charge in [0.25, 0.3) is 0 Å². The highest BCUT2D eigenvalue weighted by Crippen LogP contribution is 2.30. The topological polar surface area (TPSA) is 61.8 Å². The number of anilines is 3. The summed E-state index contributed by atoms with van der Waals surface area (Å²) in [5, 5.41) is 12.8. The van der Waals surface area contributed by atoms with Gasteiger partial charge in [-0.15, -0.1) is 0 Å². The molecule has 0 aliphatic rings. The van der Waals surface area contributed by atoms with Crippen molar-refractivity contribution in [1.29, 1.82) is 5.26 Å². The van der Waals surface area contributed by atoms with Crippen molar-refractivity contribution in [3.8, 4) is 6.07 Å². The molecule has 0 aliphatic carbocycles. The Hall–Kier alpha value is -2.18. The predicted molar refractivity (Wildman–Crippen MR) is 75.0 cm³/mol. The highest BCUT2D eigenvalue weighted by atomic mass is 35.5. The molecule has 0 bridgehead atoms. The number of nitriles is 1. The van der Waals surface area contributed by atoms with E-state index in [0.717, 1.165) is 11.3 Å². The third-order valence-corrected chi connectivity index (χ3v) is 3.17. The number of halogens is 1. The van der Waals surface area contributed by atoms with Crippen molar-refractivity contribution in [3.63, 3.8) is 0 Å². The van der Waals surface area contributed by atoms with Crippen molar-refractivity contribution in [2.45, 2.75) is 6.92 Å². The fourth-order valence-corrected chi connectivity index (χ4v) is 1.83. The fraction of sp³-hybridized carbons (Fsp3) is 0.0714. The van der Waals surface area contributed by atoms with Gasteiger partial charge in [0.05, 0.1) is 16.9 Å². The predicted octanol–water partition coefficient (Wildman–Crippen LogP) is 3.85. The van der Waals surface area contributed by atoms with Gasteiger partial charge >= 0.3 is 0 Å². The number of hydrogen-bond acceptors (Lipinski definition) is 3. The molecule has 0 aliphatic heterocycles. The maximum atomic E-state index is 8.93. The maximum absolute atomic E-state index is 8.93. The average molecular weight is 258 g/mol. The summed E-state index contributed by atoms with van der Waals surface area (Å²) >= 11 is 6.05. The van der Waals surface area contributed by atoms with E-state index in [9.17, 15) is 0 Å². The summed E-state index contributed by atoms with van der Waals surface area (Å²) in [4.78, 5) is 0. The minimum absolute atomic E-state index is 0.444. The molecule has 0 unspecified atom stereocenters. The van der Waals surface area contributed by atoms with Gasteiger partial charge in [-0.2, -0.15) is 5.26 Å². The van der Waals surface area contributed by atoms with Gasteiger partial charge in [0.1, 0.15) is 6.07 Å². The molecule has 0 aromatic heterocycles. The number of nitrogens with two attached hydrogens (primary N) is 1. The standard InChI is InChI=1S/C14H12ClN3/c1-9-11(15)5-3-6-12(9)18-13-7-2-4-10(8-16)14(13)17/h2-7,18H,17H2,1H3. The molecule has 3 nitrogen and oxygen atoms in total. The third kappa shape index (κ3) is 2.24. The molecule has 0 radical (unpaired) electrons. The number of rotatable bonds is 2. The molecular weight excluding hydrogens is 246 g/mol. The van der Waals surface area contributed by atoms with Crippen LogP contribution in [0, 0.1) is 18.3 Å². The Bertz CT molecular complexity index is 629. The van der Waals surface area contributed by atoms with Gasteiger partial charge in [0.15, 0.2) is 0 Å². The van der Waals surface area contributed by atoms with Gasteiger partial charge in [0, 0.05) is 10.7 Å². The lowest BCUT2D eigenvalue weighted by Gasteiger charge is -2.13. The Morgan fingerprint density at radius 3 is 2.56 bits per heavy atom. The first-order valence-electron chi connectivity index (χ1n) is 5.44. The quantitative estimate of drug-likeness (QED) is 0.804. The molecule has 0 saturated heterocycles. The molecule has 0 heterocycles. The molecule has 2 rings (SSSR count). The molecule has 4 heteroatoms. The second kappa shape index (κ2) is 4.99. The average Bonchev–Trinajstić information content (AvgIpc) is 2.37. The maximum Gasteiger partial charge on any atom is 0.101 e. The van der Waals surface area contributed by atoms with E-state index in [2.05, 4.69) is 11.4 Å². The zero-order chi connectivity index (χ0) is 13.1.